The second-order valence-corrected chi connectivity index (χ2v) is 10.6. The van der Waals surface area contributed by atoms with E-state index in [-0.39, 0.29) is 41.8 Å². The van der Waals surface area contributed by atoms with Crippen molar-refractivity contribution in [1.29, 1.82) is 0 Å². The van der Waals surface area contributed by atoms with Gasteiger partial charge in [-0.2, -0.15) is 22.0 Å². The number of hydrogen-bond acceptors (Lipinski definition) is 6. The molecular weight excluding hydrogens is 555 g/mol. The summed E-state index contributed by atoms with van der Waals surface area (Å²) in [5.41, 5.74) is 0.822. The number of carbonyl (C=O) groups excluding carboxylic acids is 2. The van der Waals surface area contributed by atoms with Gasteiger partial charge in [-0.05, 0) is 25.1 Å². The van der Waals surface area contributed by atoms with E-state index in [9.17, 15) is 31.5 Å². The Morgan fingerprint density at radius 1 is 1.10 bits per heavy atom. The van der Waals surface area contributed by atoms with Crippen LogP contribution < -0.4 is 9.80 Å². The molecule has 0 radical (unpaired) electrons. The van der Waals surface area contributed by atoms with Gasteiger partial charge in [-0.1, -0.05) is 41.7 Å². The van der Waals surface area contributed by atoms with Gasteiger partial charge in [-0.3, -0.25) is 14.5 Å². The fourth-order valence-electron chi connectivity index (χ4n) is 5.13. The Labute approximate surface area is 228 Å². The highest BCUT2D eigenvalue weighted by Crippen LogP contribution is 2.45. The van der Waals surface area contributed by atoms with Gasteiger partial charge < -0.3 is 14.8 Å². The Balaban J connectivity index is 1.24. The van der Waals surface area contributed by atoms with Gasteiger partial charge in [0.05, 0.1) is 22.3 Å². The maximum Gasteiger partial charge on any atom is 0.443 e. The molecule has 4 heterocycles. The largest absolute Gasteiger partial charge is 0.443 e. The molecule has 2 aromatic heterocycles. The summed E-state index contributed by atoms with van der Waals surface area (Å²) in [5.74, 6) is -5.53. The number of aromatic amines is 1. The lowest BCUT2D eigenvalue weighted by Crippen LogP contribution is -2.56. The van der Waals surface area contributed by atoms with Gasteiger partial charge in [-0.15, -0.1) is 0 Å². The second-order valence-electron chi connectivity index (χ2n) is 9.64. The molecule has 1 atom stereocenters. The highest BCUT2D eigenvalue weighted by molar-refractivity contribution is 7.16. The standard InChI is InChI=1S/C26H21F5N6O2S/c1-14-12-35(10-11-36(14)19(38)13-37-18-9-5-2-6-15(18)25(27,28)24(37)39)22-20(34-23(40-22)26(29,30)31)21-32-16-7-3-4-8-17(16)33-21/h2-9,14H,10-13H2,1H3,(H,32,33)/t14-/m1/s1. The van der Waals surface area contributed by atoms with Crippen LogP contribution in [0.4, 0.5) is 32.6 Å². The van der Waals surface area contributed by atoms with Gasteiger partial charge in [0, 0.05) is 25.7 Å². The molecule has 0 spiro atoms. The molecule has 1 N–H and O–H groups in total. The molecular formula is C26H21F5N6O2S. The monoisotopic (exact) mass is 576 g/mol. The molecule has 0 saturated carbocycles. The molecule has 1 saturated heterocycles. The first-order valence-electron chi connectivity index (χ1n) is 12.3. The van der Waals surface area contributed by atoms with Crippen molar-refractivity contribution in [3.63, 3.8) is 0 Å². The number of fused-ring (bicyclic) bond motifs is 2. The van der Waals surface area contributed by atoms with Crippen LogP contribution in [-0.4, -0.2) is 63.9 Å². The summed E-state index contributed by atoms with van der Waals surface area (Å²) in [7, 11) is 0. The van der Waals surface area contributed by atoms with Crippen LogP contribution in [0.3, 0.4) is 0 Å². The molecule has 14 heteroatoms. The number of piperazine rings is 1. The molecule has 0 aliphatic carbocycles. The summed E-state index contributed by atoms with van der Waals surface area (Å²) < 4.78 is 70.0. The Kier molecular flexibility index (Phi) is 6.05. The first-order chi connectivity index (χ1) is 18.9. The maximum absolute atomic E-state index is 14.5. The smallest absolute Gasteiger partial charge is 0.358 e. The minimum atomic E-state index is -4.66. The van der Waals surface area contributed by atoms with Crippen LogP contribution in [0.1, 0.15) is 17.5 Å². The Morgan fingerprint density at radius 3 is 2.55 bits per heavy atom. The number of rotatable bonds is 4. The number of anilines is 2. The van der Waals surface area contributed by atoms with E-state index < -0.39 is 47.1 Å². The van der Waals surface area contributed by atoms with Gasteiger partial charge in [0.2, 0.25) is 10.9 Å². The van der Waals surface area contributed by atoms with E-state index >= 15 is 0 Å². The van der Waals surface area contributed by atoms with E-state index in [4.69, 9.17) is 0 Å². The quantitative estimate of drug-likeness (QED) is 0.350. The van der Waals surface area contributed by atoms with Crippen LogP contribution in [-0.2, 0) is 21.7 Å². The molecule has 4 aromatic rings. The van der Waals surface area contributed by atoms with Crippen molar-refractivity contribution in [1.82, 2.24) is 19.9 Å². The van der Waals surface area contributed by atoms with Gasteiger partial charge in [0.1, 0.15) is 17.2 Å². The van der Waals surface area contributed by atoms with Gasteiger partial charge in [-0.25, -0.2) is 9.97 Å². The van der Waals surface area contributed by atoms with E-state index in [0.29, 0.717) is 22.4 Å². The van der Waals surface area contributed by atoms with Gasteiger partial charge >= 0.3 is 18.0 Å². The predicted molar refractivity (Wildman–Crippen MR) is 138 cm³/mol. The second kappa shape index (κ2) is 9.25. The molecule has 2 aliphatic heterocycles. The molecule has 40 heavy (non-hydrogen) atoms. The number of halogens is 5. The fourth-order valence-corrected chi connectivity index (χ4v) is 6.10. The highest BCUT2D eigenvalue weighted by Gasteiger charge is 2.53. The number of benzene rings is 2. The minimum Gasteiger partial charge on any atom is -0.358 e. The van der Waals surface area contributed by atoms with Crippen molar-refractivity contribution in [2.45, 2.75) is 25.1 Å². The third-order valence-electron chi connectivity index (χ3n) is 7.04. The van der Waals surface area contributed by atoms with E-state index in [1.165, 1.54) is 23.1 Å². The number of alkyl halides is 5. The van der Waals surface area contributed by atoms with E-state index in [0.717, 1.165) is 11.0 Å². The van der Waals surface area contributed by atoms with E-state index in [1.807, 2.05) is 0 Å². The first kappa shape index (κ1) is 26.2. The topological polar surface area (TPSA) is 85.4 Å². The van der Waals surface area contributed by atoms with Crippen LogP contribution in [0.5, 0.6) is 0 Å². The molecule has 2 aliphatic rings. The van der Waals surface area contributed by atoms with Crippen LogP contribution >= 0.6 is 11.3 Å². The minimum absolute atomic E-state index is 0.0167. The zero-order valence-electron chi connectivity index (χ0n) is 20.9. The Morgan fingerprint density at radius 2 is 1.82 bits per heavy atom. The van der Waals surface area contributed by atoms with Crippen molar-refractivity contribution in [3.8, 4) is 11.5 Å². The normalized spacial score (nSPS) is 19.0. The zero-order valence-corrected chi connectivity index (χ0v) is 21.7. The highest BCUT2D eigenvalue weighted by atomic mass is 32.1. The van der Waals surface area contributed by atoms with Crippen LogP contribution in [0.25, 0.3) is 22.6 Å². The lowest BCUT2D eigenvalue weighted by atomic mass is 10.1. The lowest BCUT2D eigenvalue weighted by Gasteiger charge is -2.41. The molecule has 208 valence electrons. The van der Waals surface area contributed by atoms with Gasteiger partial charge in [0.25, 0.3) is 0 Å². The van der Waals surface area contributed by atoms with Crippen molar-refractivity contribution in [2.75, 3.05) is 36.0 Å². The number of para-hydroxylation sites is 3. The number of nitrogens with zero attached hydrogens (tertiary/aromatic N) is 5. The SMILES string of the molecule is C[C@@H]1CN(c2sc(C(F)(F)F)nc2-c2nc3ccccc3[nH]2)CCN1C(=O)CN1C(=O)C(F)(F)c2ccccc21. The molecule has 6 rings (SSSR count). The first-order valence-corrected chi connectivity index (χ1v) is 13.1. The van der Waals surface area contributed by atoms with Crippen LogP contribution in [0.2, 0.25) is 0 Å². The number of nitrogens with one attached hydrogen (secondary N) is 1. The average Bonchev–Trinajstić information content (AvgIpc) is 3.59. The van der Waals surface area contributed by atoms with Crippen LogP contribution in [0, 0.1) is 0 Å². The third kappa shape index (κ3) is 4.26. The van der Waals surface area contributed by atoms with Crippen molar-refractivity contribution in [3.05, 3.63) is 59.1 Å². The number of amides is 2. The number of thiazole rings is 1. The van der Waals surface area contributed by atoms with Gasteiger partial charge in [0.15, 0.2) is 5.82 Å². The molecule has 1 fully saturated rings. The van der Waals surface area contributed by atoms with Crippen molar-refractivity contribution in [2.24, 2.45) is 0 Å². The Bertz CT molecular complexity index is 1600. The molecule has 2 aromatic carbocycles. The molecule has 0 unspecified atom stereocenters. The van der Waals surface area contributed by atoms with Crippen LogP contribution in [0.15, 0.2) is 48.5 Å². The number of carbonyl (C=O) groups is 2. The van der Waals surface area contributed by atoms with Crippen molar-refractivity contribution >= 4 is 44.9 Å². The average molecular weight is 577 g/mol. The molecule has 0 bridgehead atoms. The van der Waals surface area contributed by atoms with E-state index in [1.54, 1.807) is 36.1 Å². The maximum atomic E-state index is 14.5. The summed E-state index contributed by atoms with van der Waals surface area (Å²) in [4.78, 5) is 40.9. The predicted octanol–water partition coefficient (Wildman–Crippen LogP) is 4.88. The lowest BCUT2D eigenvalue weighted by molar-refractivity contribution is -0.143. The summed E-state index contributed by atoms with van der Waals surface area (Å²) in [6.07, 6.45) is -4.66. The third-order valence-corrected chi connectivity index (χ3v) is 8.20. The summed E-state index contributed by atoms with van der Waals surface area (Å²) in [5, 5.41) is -0.759. The molecule has 8 nitrogen and oxygen atoms in total. The number of hydrogen-bond donors (Lipinski definition) is 1. The van der Waals surface area contributed by atoms with Crippen molar-refractivity contribution < 1.29 is 31.5 Å². The van der Waals surface area contributed by atoms with E-state index in [2.05, 4.69) is 15.0 Å². The molecule has 2 amide bonds. The number of imidazole rings is 1. The zero-order chi connectivity index (χ0) is 28.4. The number of H-pyrrole nitrogens is 1. The number of aromatic nitrogens is 3. The fraction of sp³-hybridized carbons (Fsp3) is 0.308. The summed E-state index contributed by atoms with van der Waals surface area (Å²) in [6.45, 7) is 1.59. The summed E-state index contributed by atoms with van der Waals surface area (Å²) >= 11 is 0.498. The Hall–Kier alpha value is -4.07. The summed E-state index contributed by atoms with van der Waals surface area (Å²) in [6, 6.07) is 12.0.